The van der Waals surface area contributed by atoms with Crippen LogP contribution in [-0.4, -0.2) is 23.1 Å². The van der Waals surface area contributed by atoms with Gasteiger partial charge in [-0.2, -0.15) is 5.06 Å². The molecule has 0 bridgehead atoms. The first-order valence-corrected chi connectivity index (χ1v) is 8.47. The molecule has 0 radical (unpaired) electrons. The van der Waals surface area contributed by atoms with Crippen molar-refractivity contribution in [2.24, 2.45) is 0 Å². The summed E-state index contributed by atoms with van der Waals surface area (Å²) in [4.78, 5) is 16.6. The summed E-state index contributed by atoms with van der Waals surface area (Å²) in [6.07, 6.45) is 2.03. The van der Waals surface area contributed by atoms with E-state index >= 15 is 0 Å². The van der Waals surface area contributed by atoms with E-state index in [9.17, 15) is 10.1 Å². The van der Waals surface area contributed by atoms with Crippen molar-refractivity contribution < 1.29 is 14.5 Å². The van der Waals surface area contributed by atoms with Gasteiger partial charge in [0.05, 0.1) is 18.1 Å². The van der Waals surface area contributed by atoms with Crippen molar-refractivity contribution in [3.05, 3.63) is 81.4 Å². The number of hydroxylamine groups is 2. The normalized spacial score (nSPS) is 20.5. The zero-order valence-corrected chi connectivity index (χ0v) is 15.1. The Bertz CT molecular complexity index is 800. The highest BCUT2D eigenvalue weighted by Gasteiger charge is 2.27. The van der Waals surface area contributed by atoms with E-state index in [1.807, 2.05) is 29.3 Å². The number of hydrogen-bond acceptors (Lipinski definition) is 5. The van der Waals surface area contributed by atoms with Crippen LogP contribution in [0, 0.1) is 10.1 Å². The summed E-state index contributed by atoms with van der Waals surface area (Å²) < 4.78 is 5.21. The lowest BCUT2D eigenvalue weighted by atomic mass is 9.99. The summed E-state index contributed by atoms with van der Waals surface area (Å²) >= 11 is 0. The molecule has 0 amide bonds. The van der Waals surface area contributed by atoms with Crippen LogP contribution in [-0.2, 0) is 11.4 Å². The molecule has 2 unspecified atom stereocenters. The molecule has 1 heterocycles. The van der Waals surface area contributed by atoms with Crippen LogP contribution in [0.1, 0.15) is 31.1 Å². The maximum Gasteiger partial charge on any atom is 0.269 e. The SMILES string of the molecule is COc1ccc(C2ON(Cc3ccc([N+](=O)[O-])cc3)C(C)C=C2C)cc1. The quantitative estimate of drug-likeness (QED) is 0.451. The highest BCUT2D eigenvalue weighted by atomic mass is 16.7. The second-order valence-corrected chi connectivity index (χ2v) is 6.41. The fourth-order valence-electron chi connectivity index (χ4n) is 3.05. The number of methoxy groups -OCH3 is 1. The van der Waals surface area contributed by atoms with Crippen LogP contribution >= 0.6 is 0 Å². The fourth-order valence-corrected chi connectivity index (χ4v) is 3.05. The second kappa shape index (κ2) is 7.68. The molecule has 3 rings (SSSR count). The first-order chi connectivity index (χ1) is 12.5. The molecule has 1 aliphatic heterocycles. The highest BCUT2D eigenvalue weighted by Crippen LogP contribution is 2.33. The van der Waals surface area contributed by atoms with E-state index in [1.54, 1.807) is 19.2 Å². The van der Waals surface area contributed by atoms with Crippen LogP contribution < -0.4 is 4.74 Å². The third-order valence-electron chi connectivity index (χ3n) is 4.52. The molecule has 26 heavy (non-hydrogen) atoms. The predicted molar refractivity (Wildman–Crippen MR) is 98.7 cm³/mol. The van der Waals surface area contributed by atoms with Crippen molar-refractivity contribution in [3.8, 4) is 5.75 Å². The number of non-ortho nitro benzene ring substituents is 1. The molecule has 0 aliphatic carbocycles. The smallest absolute Gasteiger partial charge is 0.269 e. The van der Waals surface area contributed by atoms with Crippen LogP contribution in [0.25, 0.3) is 0 Å². The van der Waals surface area contributed by atoms with Crippen LogP contribution in [0.2, 0.25) is 0 Å². The molecule has 0 fully saturated rings. The van der Waals surface area contributed by atoms with Crippen molar-refractivity contribution in [1.82, 2.24) is 5.06 Å². The Hall–Kier alpha value is -2.70. The Morgan fingerprint density at radius 2 is 1.81 bits per heavy atom. The molecule has 0 aromatic heterocycles. The van der Waals surface area contributed by atoms with E-state index in [1.165, 1.54) is 12.1 Å². The molecule has 0 N–H and O–H groups in total. The molecule has 0 saturated carbocycles. The molecular weight excluding hydrogens is 332 g/mol. The lowest BCUT2D eigenvalue weighted by Gasteiger charge is -2.36. The highest BCUT2D eigenvalue weighted by molar-refractivity contribution is 5.34. The third-order valence-corrected chi connectivity index (χ3v) is 4.52. The molecule has 6 nitrogen and oxygen atoms in total. The van der Waals surface area contributed by atoms with Crippen molar-refractivity contribution in [2.45, 2.75) is 32.5 Å². The Labute approximate surface area is 152 Å². The average Bonchev–Trinajstić information content (AvgIpc) is 2.64. The lowest BCUT2D eigenvalue weighted by Crippen LogP contribution is -2.37. The van der Waals surface area contributed by atoms with Gasteiger partial charge in [-0.05, 0) is 42.7 Å². The van der Waals surface area contributed by atoms with Crippen LogP contribution in [0.4, 0.5) is 5.69 Å². The number of benzene rings is 2. The number of hydrogen-bond donors (Lipinski definition) is 0. The maximum absolute atomic E-state index is 10.8. The number of nitro groups is 1. The van der Waals surface area contributed by atoms with Gasteiger partial charge in [0, 0.05) is 18.7 Å². The molecule has 136 valence electrons. The Balaban J connectivity index is 1.76. The summed E-state index contributed by atoms with van der Waals surface area (Å²) in [7, 11) is 1.64. The van der Waals surface area contributed by atoms with Crippen molar-refractivity contribution in [3.63, 3.8) is 0 Å². The van der Waals surface area contributed by atoms with E-state index in [4.69, 9.17) is 9.57 Å². The van der Waals surface area contributed by atoms with E-state index in [0.717, 1.165) is 22.4 Å². The van der Waals surface area contributed by atoms with E-state index in [0.29, 0.717) is 6.54 Å². The lowest BCUT2D eigenvalue weighted by molar-refractivity contribution is -0.384. The van der Waals surface area contributed by atoms with Gasteiger partial charge in [-0.3, -0.25) is 15.0 Å². The van der Waals surface area contributed by atoms with E-state index in [2.05, 4.69) is 19.9 Å². The first kappa shape index (κ1) is 18.1. The Morgan fingerprint density at radius 3 is 2.38 bits per heavy atom. The molecule has 0 spiro atoms. The summed E-state index contributed by atoms with van der Waals surface area (Å²) in [5, 5.41) is 12.7. The summed E-state index contributed by atoms with van der Waals surface area (Å²) in [5.74, 6) is 0.808. The standard InChI is InChI=1S/C20H22N2O4/c1-14-12-15(2)21(13-16-4-8-18(9-5-16)22(23)24)26-20(14)17-6-10-19(25-3)11-7-17/h4-12,15,20H,13H2,1-3H3. The zero-order chi connectivity index (χ0) is 18.7. The maximum atomic E-state index is 10.8. The number of rotatable bonds is 5. The predicted octanol–water partition coefficient (Wildman–Crippen LogP) is 4.43. The molecule has 6 heteroatoms. The number of nitro benzene ring substituents is 1. The van der Waals surface area contributed by atoms with Gasteiger partial charge < -0.3 is 4.74 Å². The minimum absolute atomic E-state index is 0.0909. The van der Waals surface area contributed by atoms with Gasteiger partial charge in [-0.1, -0.05) is 30.3 Å². The van der Waals surface area contributed by atoms with Crippen LogP contribution in [0.3, 0.4) is 0 Å². The van der Waals surface area contributed by atoms with Gasteiger partial charge in [0.2, 0.25) is 0 Å². The largest absolute Gasteiger partial charge is 0.497 e. The summed E-state index contributed by atoms with van der Waals surface area (Å²) in [6, 6.07) is 14.5. The van der Waals surface area contributed by atoms with E-state index in [-0.39, 0.29) is 17.8 Å². The molecule has 0 saturated heterocycles. The van der Waals surface area contributed by atoms with Crippen LogP contribution in [0.15, 0.2) is 60.2 Å². The van der Waals surface area contributed by atoms with Crippen molar-refractivity contribution in [2.75, 3.05) is 7.11 Å². The summed E-state index contributed by atoms with van der Waals surface area (Å²) in [5.41, 5.74) is 3.26. The molecule has 1 aliphatic rings. The van der Waals surface area contributed by atoms with Crippen LogP contribution in [0.5, 0.6) is 5.75 Å². The topological polar surface area (TPSA) is 64.8 Å². The molecule has 2 aromatic rings. The van der Waals surface area contributed by atoms with Gasteiger partial charge >= 0.3 is 0 Å². The summed E-state index contributed by atoms with van der Waals surface area (Å²) in [6.45, 7) is 4.68. The average molecular weight is 354 g/mol. The van der Waals surface area contributed by atoms with E-state index < -0.39 is 4.92 Å². The second-order valence-electron chi connectivity index (χ2n) is 6.41. The minimum Gasteiger partial charge on any atom is -0.497 e. The third kappa shape index (κ3) is 3.92. The van der Waals surface area contributed by atoms with Gasteiger partial charge in [-0.15, -0.1) is 0 Å². The van der Waals surface area contributed by atoms with Gasteiger partial charge in [0.25, 0.3) is 5.69 Å². The van der Waals surface area contributed by atoms with Gasteiger partial charge in [0.15, 0.2) is 0 Å². The Morgan fingerprint density at radius 1 is 1.15 bits per heavy atom. The zero-order valence-electron chi connectivity index (χ0n) is 15.1. The minimum atomic E-state index is -0.393. The van der Waals surface area contributed by atoms with Crippen molar-refractivity contribution >= 4 is 5.69 Å². The van der Waals surface area contributed by atoms with Gasteiger partial charge in [-0.25, -0.2) is 0 Å². The number of nitrogens with zero attached hydrogens (tertiary/aromatic N) is 2. The van der Waals surface area contributed by atoms with Crippen molar-refractivity contribution in [1.29, 1.82) is 0 Å². The number of ether oxygens (including phenoxy) is 1. The molecule has 2 aromatic carbocycles. The fraction of sp³-hybridized carbons (Fsp3) is 0.300. The molecular formula is C20H22N2O4. The Kier molecular flexibility index (Phi) is 5.35. The first-order valence-electron chi connectivity index (χ1n) is 8.47. The monoisotopic (exact) mass is 354 g/mol. The van der Waals surface area contributed by atoms with Gasteiger partial charge in [0.1, 0.15) is 11.9 Å². The molecule has 2 atom stereocenters.